The fourth-order valence-electron chi connectivity index (χ4n) is 3.07. The number of nitrogens with zero attached hydrogens (tertiary/aromatic N) is 3. The number of carbonyl (C=O) groups excluding carboxylic acids is 1. The van der Waals surface area contributed by atoms with E-state index in [2.05, 4.69) is 32.4 Å². The Morgan fingerprint density at radius 3 is 2.60 bits per heavy atom. The van der Waals surface area contributed by atoms with E-state index < -0.39 is 5.82 Å². The van der Waals surface area contributed by atoms with Crippen molar-refractivity contribution in [1.29, 1.82) is 0 Å². The van der Waals surface area contributed by atoms with E-state index in [1.807, 2.05) is 24.5 Å². The Bertz CT molecular complexity index is 686. The van der Waals surface area contributed by atoms with Crippen molar-refractivity contribution in [2.24, 2.45) is 0 Å². The third-order valence-electron chi connectivity index (χ3n) is 4.57. The summed E-state index contributed by atoms with van der Waals surface area (Å²) < 4.78 is 12.8. The van der Waals surface area contributed by atoms with Crippen molar-refractivity contribution in [2.75, 3.05) is 18.4 Å². The number of amides is 2. The molecule has 0 saturated carbocycles. The van der Waals surface area contributed by atoms with Crippen LogP contribution in [-0.4, -0.2) is 40.0 Å². The third-order valence-corrected chi connectivity index (χ3v) is 4.57. The summed E-state index contributed by atoms with van der Waals surface area (Å²) in [6, 6.07) is 6.94. The monoisotopic (exact) mass is 343 g/mol. The Balaban J connectivity index is 1.46. The largest absolute Gasteiger partial charge is 0.335 e. The van der Waals surface area contributed by atoms with Gasteiger partial charge in [0, 0.05) is 37.6 Å². The van der Waals surface area contributed by atoms with Crippen LogP contribution in [0.1, 0.15) is 31.4 Å². The highest BCUT2D eigenvalue weighted by Gasteiger charge is 2.24. The minimum Gasteiger partial charge on any atom is -0.335 e. The standard InChI is InChI=1S/C18H22FN5O/c1-13(14-4-8-20-9-5-14)24-10-6-16(7-11-24)22-18(25)23-17-3-2-15(19)12-21-17/h2-5,8-9,12-13,16H,6-7,10-11H2,1H3,(H2,21,22,23,25). The lowest BCUT2D eigenvalue weighted by Crippen LogP contribution is -2.46. The second kappa shape index (κ2) is 8.02. The van der Waals surface area contributed by atoms with Crippen molar-refractivity contribution < 1.29 is 9.18 Å². The number of urea groups is 1. The summed E-state index contributed by atoms with van der Waals surface area (Å²) in [6.45, 7) is 4.03. The van der Waals surface area contributed by atoms with Crippen LogP contribution in [0.3, 0.4) is 0 Å². The number of nitrogens with one attached hydrogen (secondary N) is 2. The molecule has 3 heterocycles. The Hall–Kier alpha value is -2.54. The topological polar surface area (TPSA) is 70.2 Å². The Kier molecular flexibility index (Phi) is 5.55. The molecular weight excluding hydrogens is 321 g/mol. The summed E-state index contributed by atoms with van der Waals surface area (Å²) in [5.41, 5.74) is 1.25. The lowest BCUT2D eigenvalue weighted by Gasteiger charge is -2.36. The van der Waals surface area contributed by atoms with E-state index in [-0.39, 0.29) is 12.1 Å². The van der Waals surface area contributed by atoms with Gasteiger partial charge in [-0.2, -0.15) is 0 Å². The zero-order chi connectivity index (χ0) is 17.6. The number of piperidine rings is 1. The number of carbonyl (C=O) groups is 1. The number of likely N-dealkylation sites (tertiary alicyclic amines) is 1. The molecular formula is C18H22FN5O. The number of anilines is 1. The summed E-state index contributed by atoms with van der Waals surface area (Å²) >= 11 is 0. The maximum absolute atomic E-state index is 12.8. The molecule has 2 aromatic heterocycles. The van der Waals surface area contributed by atoms with E-state index in [9.17, 15) is 9.18 Å². The van der Waals surface area contributed by atoms with Crippen molar-refractivity contribution in [1.82, 2.24) is 20.2 Å². The smallest absolute Gasteiger partial charge is 0.320 e. The summed E-state index contributed by atoms with van der Waals surface area (Å²) in [5, 5.41) is 5.59. The van der Waals surface area contributed by atoms with Crippen molar-refractivity contribution in [3.63, 3.8) is 0 Å². The van der Waals surface area contributed by atoms with Crippen LogP contribution in [-0.2, 0) is 0 Å². The number of pyridine rings is 2. The highest BCUT2D eigenvalue weighted by molar-refractivity contribution is 5.88. The van der Waals surface area contributed by atoms with Gasteiger partial charge in [0.1, 0.15) is 11.6 Å². The van der Waals surface area contributed by atoms with Crippen LogP contribution in [0.2, 0.25) is 0 Å². The van der Waals surface area contributed by atoms with Gasteiger partial charge in [-0.1, -0.05) is 0 Å². The molecule has 1 unspecified atom stereocenters. The zero-order valence-electron chi connectivity index (χ0n) is 14.2. The molecule has 2 N–H and O–H groups in total. The van der Waals surface area contributed by atoms with Gasteiger partial charge in [0.05, 0.1) is 6.20 Å². The van der Waals surface area contributed by atoms with Crippen LogP contribution in [0.4, 0.5) is 15.0 Å². The highest BCUT2D eigenvalue weighted by Crippen LogP contribution is 2.23. The first kappa shape index (κ1) is 17.3. The van der Waals surface area contributed by atoms with Gasteiger partial charge in [-0.25, -0.2) is 14.2 Å². The number of hydrogen-bond acceptors (Lipinski definition) is 4. The normalized spacial score (nSPS) is 17.0. The molecule has 1 atom stereocenters. The predicted molar refractivity (Wildman–Crippen MR) is 93.6 cm³/mol. The number of aromatic nitrogens is 2. The maximum atomic E-state index is 12.8. The average Bonchev–Trinajstić information content (AvgIpc) is 2.64. The molecule has 1 aliphatic rings. The minimum atomic E-state index is -0.429. The van der Waals surface area contributed by atoms with E-state index in [0.29, 0.717) is 11.9 Å². The van der Waals surface area contributed by atoms with Crippen LogP contribution < -0.4 is 10.6 Å². The first-order chi connectivity index (χ1) is 12.1. The van der Waals surface area contributed by atoms with Gasteiger partial charge in [0.2, 0.25) is 0 Å². The molecule has 1 fully saturated rings. The van der Waals surface area contributed by atoms with Crippen molar-refractivity contribution in [2.45, 2.75) is 31.8 Å². The molecule has 0 aromatic carbocycles. The van der Waals surface area contributed by atoms with Gasteiger partial charge < -0.3 is 5.32 Å². The summed E-state index contributed by atoms with van der Waals surface area (Å²) in [7, 11) is 0. The van der Waals surface area contributed by atoms with Gasteiger partial charge in [0.25, 0.3) is 0 Å². The van der Waals surface area contributed by atoms with Gasteiger partial charge >= 0.3 is 6.03 Å². The summed E-state index contributed by atoms with van der Waals surface area (Å²) in [5.74, 6) is -0.0932. The number of hydrogen-bond donors (Lipinski definition) is 2. The third kappa shape index (κ3) is 4.73. The van der Waals surface area contributed by atoms with Gasteiger partial charge in [-0.15, -0.1) is 0 Å². The highest BCUT2D eigenvalue weighted by atomic mass is 19.1. The second-order valence-electron chi connectivity index (χ2n) is 6.23. The molecule has 2 amide bonds. The molecule has 7 heteroatoms. The molecule has 3 rings (SSSR count). The average molecular weight is 343 g/mol. The lowest BCUT2D eigenvalue weighted by molar-refractivity contribution is 0.154. The Morgan fingerprint density at radius 2 is 1.96 bits per heavy atom. The van der Waals surface area contributed by atoms with Crippen LogP contribution >= 0.6 is 0 Å². The fourth-order valence-corrected chi connectivity index (χ4v) is 3.07. The summed E-state index contributed by atoms with van der Waals surface area (Å²) in [6.07, 6.45) is 6.48. The van der Waals surface area contributed by atoms with Crippen LogP contribution in [0.15, 0.2) is 42.9 Å². The molecule has 132 valence electrons. The van der Waals surface area contributed by atoms with Crippen LogP contribution in [0.5, 0.6) is 0 Å². The number of halogens is 1. The Morgan fingerprint density at radius 1 is 1.24 bits per heavy atom. The minimum absolute atomic E-state index is 0.126. The van der Waals surface area contributed by atoms with Gasteiger partial charge in [0.15, 0.2) is 0 Å². The molecule has 0 radical (unpaired) electrons. The molecule has 0 aliphatic carbocycles. The van der Waals surface area contributed by atoms with Crippen molar-refractivity contribution in [3.05, 3.63) is 54.2 Å². The first-order valence-corrected chi connectivity index (χ1v) is 8.45. The molecule has 1 aliphatic heterocycles. The number of rotatable bonds is 4. The molecule has 0 bridgehead atoms. The molecule has 6 nitrogen and oxygen atoms in total. The van der Waals surface area contributed by atoms with Gasteiger partial charge in [-0.3, -0.25) is 15.2 Å². The van der Waals surface area contributed by atoms with E-state index >= 15 is 0 Å². The van der Waals surface area contributed by atoms with Crippen LogP contribution in [0.25, 0.3) is 0 Å². The van der Waals surface area contributed by atoms with E-state index in [4.69, 9.17) is 0 Å². The predicted octanol–water partition coefficient (Wildman–Crippen LogP) is 2.96. The zero-order valence-corrected chi connectivity index (χ0v) is 14.2. The first-order valence-electron chi connectivity index (χ1n) is 8.45. The summed E-state index contributed by atoms with van der Waals surface area (Å²) in [4.78, 5) is 22.3. The SMILES string of the molecule is CC(c1ccncc1)N1CCC(NC(=O)Nc2ccc(F)cn2)CC1. The quantitative estimate of drug-likeness (QED) is 0.895. The molecule has 2 aromatic rings. The van der Waals surface area contributed by atoms with E-state index in [0.717, 1.165) is 32.1 Å². The van der Waals surface area contributed by atoms with E-state index in [1.54, 1.807) is 0 Å². The second-order valence-corrected chi connectivity index (χ2v) is 6.23. The fraction of sp³-hybridized carbons (Fsp3) is 0.389. The molecule has 0 spiro atoms. The van der Waals surface area contributed by atoms with Crippen LogP contribution in [0, 0.1) is 5.82 Å². The van der Waals surface area contributed by atoms with E-state index in [1.165, 1.54) is 17.7 Å². The lowest BCUT2D eigenvalue weighted by atomic mass is 10.0. The molecule has 1 saturated heterocycles. The van der Waals surface area contributed by atoms with Crippen molar-refractivity contribution >= 4 is 11.8 Å². The van der Waals surface area contributed by atoms with Crippen molar-refractivity contribution in [3.8, 4) is 0 Å². The maximum Gasteiger partial charge on any atom is 0.320 e. The Labute approximate surface area is 146 Å². The molecule has 25 heavy (non-hydrogen) atoms. The van der Waals surface area contributed by atoms with Gasteiger partial charge in [-0.05, 0) is 49.6 Å².